The van der Waals surface area contributed by atoms with Gasteiger partial charge in [0.05, 0.1) is 25.4 Å². The summed E-state index contributed by atoms with van der Waals surface area (Å²) in [5.74, 6) is -2.53. The Morgan fingerprint density at radius 1 is 0.627 bits per heavy atom. The molecule has 1 rings (SSSR count). The van der Waals surface area contributed by atoms with Gasteiger partial charge in [-0.25, -0.2) is 4.57 Å². The molecule has 1 aliphatic rings. The Balaban J connectivity index is 2.36. The van der Waals surface area contributed by atoms with Gasteiger partial charge in [0, 0.05) is 12.8 Å². The third-order valence-corrected chi connectivity index (χ3v) is 10.3. The summed E-state index contributed by atoms with van der Waals surface area (Å²) in [6.07, 6.45) is 45.9. The molecule has 0 spiro atoms. The Morgan fingerprint density at radius 3 is 1.71 bits per heavy atom. The van der Waals surface area contributed by atoms with Gasteiger partial charge in [0.2, 0.25) is 0 Å². The van der Waals surface area contributed by atoms with Crippen LogP contribution >= 0.6 is 7.82 Å². The van der Waals surface area contributed by atoms with Crippen molar-refractivity contribution in [3.05, 3.63) is 72.9 Å². The lowest BCUT2D eigenvalue weighted by molar-refractivity contribution is -0.161. The zero-order chi connectivity index (χ0) is 43.2. The molecule has 5 atom stereocenters. The molecule has 59 heavy (non-hydrogen) atoms. The van der Waals surface area contributed by atoms with Crippen LogP contribution in [0.2, 0.25) is 0 Å². The van der Waals surface area contributed by atoms with E-state index in [2.05, 4.69) is 67.0 Å². The van der Waals surface area contributed by atoms with E-state index >= 15 is 0 Å². The summed E-state index contributed by atoms with van der Waals surface area (Å²) in [7, 11) is -4.75. The van der Waals surface area contributed by atoms with E-state index in [1.54, 1.807) is 0 Å². The summed E-state index contributed by atoms with van der Waals surface area (Å²) in [5, 5.41) is 8.89. The molecule has 13 heteroatoms. The van der Waals surface area contributed by atoms with Crippen molar-refractivity contribution in [3.63, 3.8) is 0 Å². The predicted molar refractivity (Wildman–Crippen MR) is 235 cm³/mol. The molecule has 0 aromatic carbocycles. The quantitative estimate of drug-likeness (QED) is 0.0175. The highest BCUT2D eigenvalue weighted by Crippen LogP contribution is 2.43. The topological polar surface area (TPSA) is 184 Å². The van der Waals surface area contributed by atoms with Crippen molar-refractivity contribution in [2.75, 3.05) is 19.8 Å². The predicted octanol–water partition coefficient (Wildman–Crippen LogP) is 10.7. The van der Waals surface area contributed by atoms with Gasteiger partial charge >= 0.3 is 25.7 Å². The van der Waals surface area contributed by atoms with Gasteiger partial charge in [0.1, 0.15) is 12.6 Å². The molecular weight excluding hydrogens is 773 g/mol. The molecule has 12 nitrogen and oxygen atoms in total. The minimum atomic E-state index is -4.75. The van der Waals surface area contributed by atoms with E-state index in [9.17, 15) is 23.8 Å². The number of carbonyl (C=O) groups excluding carboxylic acids is 2. The molecule has 0 aliphatic carbocycles. The molecule has 1 saturated heterocycles. The summed E-state index contributed by atoms with van der Waals surface area (Å²) in [6, 6.07) is -1.54. The van der Waals surface area contributed by atoms with Crippen LogP contribution in [0.1, 0.15) is 155 Å². The number of esters is 2. The fourth-order valence-corrected chi connectivity index (χ4v) is 6.53. The van der Waals surface area contributed by atoms with Crippen molar-refractivity contribution >= 4 is 25.7 Å². The molecule has 0 aromatic heterocycles. The highest BCUT2D eigenvalue weighted by Gasteiger charge is 2.36. The molecule has 0 radical (unpaired) electrons. The number of hydrogen-bond acceptors (Lipinski definition) is 10. The van der Waals surface area contributed by atoms with E-state index in [0.717, 1.165) is 38.5 Å². The zero-order valence-corrected chi connectivity index (χ0v) is 36.9. The van der Waals surface area contributed by atoms with Crippen LogP contribution in [0.25, 0.3) is 0 Å². The number of carbonyl (C=O) groups is 3. The van der Waals surface area contributed by atoms with Crippen molar-refractivity contribution < 1.29 is 52.2 Å². The number of carboxylic acids is 1. The molecule has 336 valence electrons. The average Bonchev–Trinajstić information content (AvgIpc) is 3.97. The van der Waals surface area contributed by atoms with Gasteiger partial charge in [0.25, 0.3) is 0 Å². The first-order valence-electron chi connectivity index (χ1n) is 22.1. The van der Waals surface area contributed by atoms with Crippen LogP contribution in [-0.4, -0.2) is 72.1 Å². The van der Waals surface area contributed by atoms with Crippen LogP contribution in [0.5, 0.6) is 0 Å². The molecular formula is C46H76NO11P. The number of allylic oxidation sites excluding steroid dienone is 11. The van der Waals surface area contributed by atoms with Gasteiger partial charge in [-0.15, -0.1) is 0 Å². The maximum absolute atomic E-state index is 12.6. The Kier molecular flexibility index (Phi) is 33.5. The highest BCUT2D eigenvalue weighted by atomic mass is 31.2. The van der Waals surface area contributed by atoms with Gasteiger partial charge < -0.3 is 29.9 Å². The summed E-state index contributed by atoms with van der Waals surface area (Å²) in [6.45, 7) is 2.64. The highest BCUT2D eigenvalue weighted by molar-refractivity contribution is 7.47. The van der Waals surface area contributed by atoms with Crippen molar-refractivity contribution in [3.8, 4) is 0 Å². The SMILES string of the molecule is CCCCCCCC/C=C\C/C=C\C/C=C\CCCC(=O)O[C@H](COC(=O)CCC/C=C\C/C=C\C/C=C\CC1OC1CCCCC)COP(=O)(O)OC[C@H](N)C(=O)O. The number of epoxide rings is 1. The first-order chi connectivity index (χ1) is 28.6. The summed E-state index contributed by atoms with van der Waals surface area (Å²) < 4.78 is 38.3. The molecule has 1 heterocycles. The maximum atomic E-state index is 12.6. The monoisotopic (exact) mass is 850 g/mol. The number of hydrogen-bond donors (Lipinski definition) is 3. The van der Waals surface area contributed by atoms with Gasteiger partial charge in [-0.05, 0) is 77.0 Å². The van der Waals surface area contributed by atoms with Crippen molar-refractivity contribution in [2.24, 2.45) is 5.73 Å². The number of phosphoric ester groups is 1. The lowest BCUT2D eigenvalue weighted by Crippen LogP contribution is -2.34. The fraction of sp³-hybridized carbons (Fsp3) is 0.674. The number of rotatable bonds is 39. The van der Waals surface area contributed by atoms with Gasteiger partial charge in [-0.3, -0.25) is 23.4 Å². The van der Waals surface area contributed by atoms with E-state index in [1.807, 2.05) is 24.3 Å². The van der Waals surface area contributed by atoms with E-state index in [-0.39, 0.29) is 12.8 Å². The smallest absolute Gasteiger partial charge is 0.472 e. The Bertz CT molecular complexity index is 1340. The zero-order valence-electron chi connectivity index (χ0n) is 36.0. The molecule has 0 amide bonds. The molecule has 0 aromatic rings. The minimum Gasteiger partial charge on any atom is -0.480 e. The first kappa shape index (κ1) is 53.9. The number of ether oxygens (including phenoxy) is 3. The molecule has 1 fully saturated rings. The van der Waals surface area contributed by atoms with Crippen LogP contribution in [0.4, 0.5) is 0 Å². The standard InChI is InChI=1S/C46H76NO11P/c1-3-5-7-8-9-10-11-12-13-14-15-16-17-22-25-28-32-36-45(49)57-40(38-55-59(52,53)56-39-41(47)46(50)51)37-54-44(48)35-31-27-24-21-19-18-20-23-26-30-34-43-42(58-43)33-29-6-4-2/h12-13,15-16,18,20-22,24-26,30,40-43H,3-11,14,17,19,23,27-29,31-39,47H2,1-2H3,(H,50,51)(H,52,53)/b13-12-,16-15-,20-18-,24-21-,25-22-,30-26-/t40-,41+,42?,43?/m1/s1. The van der Waals surface area contributed by atoms with Crippen LogP contribution in [0.3, 0.4) is 0 Å². The van der Waals surface area contributed by atoms with Crippen LogP contribution in [-0.2, 0) is 42.2 Å². The van der Waals surface area contributed by atoms with Crippen LogP contribution < -0.4 is 5.73 Å². The normalized spacial score (nSPS) is 17.8. The lowest BCUT2D eigenvalue weighted by atomic mass is 10.1. The Morgan fingerprint density at radius 2 is 1.12 bits per heavy atom. The summed E-state index contributed by atoms with van der Waals surface area (Å²) in [4.78, 5) is 45.9. The van der Waals surface area contributed by atoms with E-state index in [4.69, 9.17) is 29.6 Å². The largest absolute Gasteiger partial charge is 0.480 e. The van der Waals surface area contributed by atoms with E-state index < -0.39 is 57.7 Å². The van der Waals surface area contributed by atoms with E-state index in [1.165, 1.54) is 64.2 Å². The second kappa shape index (κ2) is 36.7. The van der Waals surface area contributed by atoms with Crippen molar-refractivity contribution in [1.29, 1.82) is 0 Å². The number of carboxylic acid groups (broad SMARTS) is 1. The van der Waals surface area contributed by atoms with E-state index in [0.29, 0.717) is 37.9 Å². The lowest BCUT2D eigenvalue weighted by Gasteiger charge is -2.20. The number of unbranched alkanes of at least 4 members (excludes halogenated alkanes) is 10. The molecule has 1 aliphatic heterocycles. The molecule has 3 unspecified atom stereocenters. The molecule has 0 saturated carbocycles. The third kappa shape index (κ3) is 34.3. The van der Waals surface area contributed by atoms with Crippen molar-refractivity contribution in [1.82, 2.24) is 0 Å². The fourth-order valence-electron chi connectivity index (χ4n) is 5.75. The van der Waals surface area contributed by atoms with Crippen molar-refractivity contribution in [2.45, 2.75) is 179 Å². The minimum absolute atomic E-state index is 0.0719. The summed E-state index contributed by atoms with van der Waals surface area (Å²) >= 11 is 0. The number of phosphoric acid groups is 1. The van der Waals surface area contributed by atoms with Gasteiger partial charge in [-0.1, -0.05) is 138 Å². The average molecular weight is 850 g/mol. The van der Waals surface area contributed by atoms with Gasteiger partial charge in [-0.2, -0.15) is 0 Å². The second-order valence-corrected chi connectivity index (χ2v) is 16.3. The Labute approximate surface area is 355 Å². The Hall–Kier alpha value is -3.12. The van der Waals surface area contributed by atoms with Crippen LogP contribution in [0, 0.1) is 0 Å². The van der Waals surface area contributed by atoms with Crippen LogP contribution in [0.15, 0.2) is 72.9 Å². The summed E-state index contributed by atoms with van der Waals surface area (Å²) in [5.41, 5.74) is 5.33. The third-order valence-electron chi connectivity index (χ3n) is 9.35. The maximum Gasteiger partial charge on any atom is 0.472 e. The second-order valence-electron chi connectivity index (χ2n) is 14.9. The van der Waals surface area contributed by atoms with Gasteiger partial charge in [0.15, 0.2) is 6.10 Å². The number of nitrogens with two attached hydrogens (primary N) is 1. The molecule has 0 bridgehead atoms. The first-order valence-corrected chi connectivity index (χ1v) is 23.6. The number of aliphatic carboxylic acids is 1. The molecule has 4 N–H and O–H groups in total.